The summed E-state index contributed by atoms with van der Waals surface area (Å²) in [6, 6.07) is 1.50. The van der Waals surface area contributed by atoms with Crippen molar-refractivity contribution in [2.75, 3.05) is 0 Å². The van der Waals surface area contributed by atoms with E-state index in [-0.39, 0.29) is 11.4 Å². The summed E-state index contributed by atoms with van der Waals surface area (Å²) in [5.41, 5.74) is 1.77. The highest BCUT2D eigenvalue weighted by Gasteiger charge is 2.22. The van der Waals surface area contributed by atoms with E-state index >= 15 is 0 Å². The predicted octanol–water partition coefficient (Wildman–Crippen LogP) is 1.95. The van der Waals surface area contributed by atoms with Crippen molar-refractivity contribution in [3.8, 4) is 0 Å². The number of hydrogen-bond donors (Lipinski definition) is 0. The molecule has 0 radical (unpaired) electrons. The van der Waals surface area contributed by atoms with Crippen LogP contribution in [0.25, 0.3) is 0 Å². The molecular formula is C11H13BF2. The lowest BCUT2D eigenvalue weighted by atomic mass is 9.56. The van der Waals surface area contributed by atoms with Crippen molar-refractivity contribution in [1.29, 1.82) is 0 Å². The second kappa shape index (κ2) is 3.37. The van der Waals surface area contributed by atoms with E-state index in [0.29, 0.717) is 5.92 Å². The summed E-state index contributed by atoms with van der Waals surface area (Å²) in [4.78, 5) is 0. The van der Waals surface area contributed by atoms with Gasteiger partial charge in [0.25, 0.3) is 0 Å². The highest BCUT2D eigenvalue weighted by molar-refractivity contribution is 6.54. The standard InChI is InChI=1S/C11H13BF2/c1-6-3-8-4-9(13)7(2)11(14)10(8)12-5-6/h4,6,12H,3,5H2,1-2H3. The van der Waals surface area contributed by atoms with Crippen LogP contribution in [-0.2, 0) is 6.42 Å². The van der Waals surface area contributed by atoms with Gasteiger partial charge in [-0.1, -0.05) is 13.2 Å². The van der Waals surface area contributed by atoms with E-state index in [1.165, 1.54) is 13.0 Å². The van der Waals surface area contributed by atoms with E-state index in [2.05, 4.69) is 6.92 Å². The maximum absolute atomic E-state index is 13.6. The number of hydrogen-bond acceptors (Lipinski definition) is 0. The molecule has 0 aromatic heterocycles. The molecule has 1 aliphatic heterocycles. The Morgan fingerprint density at radius 1 is 1.43 bits per heavy atom. The van der Waals surface area contributed by atoms with Crippen LogP contribution in [0.2, 0.25) is 6.32 Å². The van der Waals surface area contributed by atoms with Crippen molar-refractivity contribution in [3.63, 3.8) is 0 Å². The Balaban J connectivity index is 2.54. The van der Waals surface area contributed by atoms with Gasteiger partial charge in [0.05, 0.1) is 0 Å². The van der Waals surface area contributed by atoms with Crippen molar-refractivity contribution < 1.29 is 8.78 Å². The highest BCUT2D eigenvalue weighted by atomic mass is 19.1. The maximum Gasteiger partial charge on any atom is 0.162 e. The van der Waals surface area contributed by atoms with E-state index in [1.807, 2.05) is 0 Å². The van der Waals surface area contributed by atoms with Gasteiger partial charge in [0, 0.05) is 5.56 Å². The van der Waals surface area contributed by atoms with Crippen LogP contribution in [0, 0.1) is 24.5 Å². The zero-order chi connectivity index (χ0) is 10.3. The van der Waals surface area contributed by atoms with Gasteiger partial charge in [-0.3, -0.25) is 0 Å². The fraction of sp³-hybridized carbons (Fsp3) is 0.455. The van der Waals surface area contributed by atoms with Gasteiger partial charge in [-0.05, 0) is 36.4 Å². The quantitative estimate of drug-likeness (QED) is 0.553. The molecule has 0 fully saturated rings. The Morgan fingerprint density at radius 3 is 2.86 bits per heavy atom. The van der Waals surface area contributed by atoms with E-state index in [4.69, 9.17) is 0 Å². The third kappa shape index (κ3) is 1.45. The van der Waals surface area contributed by atoms with Gasteiger partial charge in [-0.15, -0.1) is 0 Å². The van der Waals surface area contributed by atoms with Crippen LogP contribution in [0.1, 0.15) is 18.1 Å². The van der Waals surface area contributed by atoms with E-state index in [9.17, 15) is 8.78 Å². The largest absolute Gasteiger partial charge is 0.207 e. The fourth-order valence-electron chi connectivity index (χ4n) is 2.14. The molecule has 1 unspecified atom stereocenters. The van der Waals surface area contributed by atoms with Gasteiger partial charge in [0.1, 0.15) is 11.6 Å². The van der Waals surface area contributed by atoms with Crippen molar-refractivity contribution in [3.05, 3.63) is 28.8 Å². The van der Waals surface area contributed by atoms with Crippen LogP contribution < -0.4 is 5.46 Å². The molecule has 1 atom stereocenters. The summed E-state index contributed by atoms with van der Waals surface area (Å²) >= 11 is 0. The van der Waals surface area contributed by atoms with Crippen molar-refractivity contribution in [1.82, 2.24) is 0 Å². The van der Waals surface area contributed by atoms with Crippen LogP contribution in [-0.4, -0.2) is 7.28 Å². The Kier molecular flexibility index (Phi) is 2.34. The van der Waals surface area contributed by atoms with Gasteiger partial charge in [0.15, 0.2) is 7.28 Å². The molecule has 0 saturated heterocycles. The molecule has 1 aliphatic rings. The van der Waals surface area contributed by atoms with Crippen LogP contribution in [0.4, 0.5) is 8.78 Å². The van der Waals surface area contributed by atoms with Gasteiger partial charge in [0.2, 0.25) is 0 Å². The lowest BCUT2D eigenvalue weighted by Gasteiger charge is -2.22. The first kappa shape index (κ1) is 9.69. The Morgan fingerprint density at radius 2 is 2.14 bits per heavy atom. The van der Waals surface area contributed by atoms with Crippen LogP contribution in [0.15, 0.2) is 6.07 Å². The van der Waals surface area contributed by atoms with Gasteiger partial charge in [-0.25, -0.2) is 8.78 Å². The molecule has 0 amide bonds. The lowest BCUT2D eigenvalue weighted by Crippen LogP contribution is -2.32. The molecular weight excluding hydrogens is 181 g/mol. The third-order valence-electron chi connectivity index (χ3n) is 3.10. The third-order valence-corrected chi connectivity index (χ3v) is 3.10. The predicted molar refractivity (Wildman–Crippen MR) is 55.6 cm³/mol. The average molecular weight is 194 g/mol. The smallest absolute Gasteiger partial charge is 0.162 e. The number of benzene rings is 1. The normalized spacial score (nSPS) is 20.1. The molecule has 0 saturated carbocycles. The lowest BCUT2D eigenvalue weighted by molar-refractivity contribution is 0.559. The van der Waals surface area contributed by atoms with Crippen LogP contribution in [0.3, 0.4) is 0 Å². The van der Waals surface area contributed by atoms with Gasteiger partial charge < -0.3 is 0 Å². The first-order valence-electron chi connectivity index (χ1n) is 5.06. The average Bonchev–Trinajstić information content (AvgIpc) is 2.14. The molecule has 0 N–H and O–H groups in total. The number of rotatable bonds is 0. The molecule has 0 bridgehead atoms. The van der Waals surface area contributed by atoms with Crippen LogP contribution >= 0.6 is 0 Å². The second-order valence-electron chi connectivity index (χ2n) is 4.28. The summed E-state index contributed by atoms with van der Waals surface area (Å²) in [6.45, 7) is 3.63. The van der Waals surface area contributed by atoms with E-state index < -0.39 is 5.82 Å². The van der Waals surface area contributed by atoms with E-state index in [1.54, 1.807) is 0 Å². The Bertz CT molecular complexity index is 374. The summed E-state index contributed by atoms with van der Waals surface area (Å²) < 4.78 is 26.9. The Labute approximate surface area is 83.6 Å². The molecule has 0 nitrogen and oxygen atoms in total. The molecule has 1 aromatic rings. The minimum absolute atomic E-state index is 0.165. The fourth-order valence-corrected chi connectivity index (χ4v) is 2.14. The molecule has 3 heteroatoms. The molecule has 1 heterocycles. The van der Waals surface area contributed by atoms with Crippen molar-refractivity contribution >= 4 is 12.7 Å². The summed E-state index contributed by atoms with van der Waals surface area (Å²) in [5.74, 6) is -0.189. The number of halogens is 2. The molecule has 1 aromatic carbocycles. The zero-order valence-electron chi connectivity index (χ0n) is 8.53. The Hall–Kier alpha value is -0.855. The van der Waals surface area contributed by atoms with Gasteiger partial charge >= 0.3 is 0 Å². The zero-order valence-corrected chi connectivity index (χ0v) is 8.53. The van der Waals surface area contributed by atoms with Gasteiger partial charge in [-0.2, -0.15) is 0 Å². The van der Waals surface area contributed by atoms with Crippen molar-refractivity contribution in [2.24, 2.45) is 5.92 Å². The topological polar surface area (TPSA) is 0 Å². The van der Waals surface area contributed by atoms with Crippen molar-refractivity contribution in [2.45, 2.75) is 26.6 Å². The minimum atomic E-state index is -0.407. The number of fused-ring (bicyclic) bond motifs is 1. The highest BCUT2D eigenvalue weighted by Crippen LogP contribution is 2.20. The molecule has 0 spiro atoms. The summed E-state index contributed by atoms with van der Waals surface area (Å²) in [6.07, 6.45) is 1.82. The first-order valence-corrected chi connectivity index (χ1v) is 5.06. The maximum atomic E-state index is 13.6. The monoisotopic (exact) mass is 194 g/mol. The molecule has 74 valence electrons. The molecule has 2 rings (SSSR count). The molecule has 0 aliphatic carbocycles. The van der Waals surface area contributed by atoms with Crippen LogP contribution in [0.5, 0.6) is 0 Å². The molecule has 14 heavy (non-hydrogen) atoms. The summed E-state index contributed by atoms with van der Waals surface area (Å²) in [5, 5.41) is 0. The SMILES string of the molecule is Cc1c(F)cc2c(c1F)BCC(C)C2. The second-order valence-corrected chi connectivity index (χ2v) is 4.28. The first-order chi connectivity index (χ1) is 6.59. The minimum Gasteiger partial charge on any atom is -0.207 e. The summed E-state index contributed by atoms with van der Waals surface area (Å²) in [7, 11) is 0.753. The van der Waals surface area contributed by atoms with E-state index in [0.717, 1.165) is 31.0 Å².